The van der Waals surface area contributed by atoms with Gasteiger partial charge in [0.2, 0.25) is 5.78 Å². The molecular weight excluding hydrogens is 356 g/mol. The number of carbonyl (C=O) groups is 1. The Hall–Kier alpha value is -3.68. The number of ether oxygens (including phenoxy) is 1. The number of carbonyl (C=O) groups excluding carboxylic acids is 1. The molecule has 1 atom stereocenters. The number of amides is 1. The summed E-state index contributed by atoms with van der Waals surface area (Å²) < 4.78 is 7.00. The molecule has 0 bridgehead atoms. The number of imidazole rings is 1. The van der Waals surface area contributed by atoms with E-state index in [0.29, 0.717) is 23.6 Å². The van der Waals surface area contributed by atoms with Crippen LogP contribution in [0.2, 0.25) is 0 Å². The zero-order chi connectivity index (χ0) is 19.5. The first-order valence-electron chi connectivity index (χ1n) is 8.98. The van der Waals surface area contributed by atoms with Crippen molar-refractivity contribution in [3.63, 3.8) is 0 Å². The van der Waals surface area contributed by atoms with Crippen molar-refractivity contribution >= 4 is 11.7 Å². The maximum atomic E-state index is 12.7. The lowest BCUT2D eigenvalue weighted by Gasteiger charge is -2.13. The Labute approximate surface area is 161 Å². The van der Waals surface area contributed by atoms with E-state index in [-0.39, 0.29) is 11.9 Å². The van der Waals surface area contributed by atoms with Gasteiger partial charge in [0.1, 0.15) is 11.4 Å². The first kappa shape index (κ1) is 17.7. The Morgan fingerprint density at radius 3 is 2.86 bits per heavy atom. The first-order chi connectivity index (χ1) is 13.7. The molecule has 8 heteroatoms. The summed E-state index contributed by atoms with van der Waals surface area (Å²) in [6, 6.07) is 10.9. The lowest BCUT2D eigenvalue weighted by molar-refractivity contribution is 0.0929. The summed E-state index contributed by atoms with van der Waals surface area (Å²) in [4.78, 5) is 21.4. The van der Waals surface area contributed by atoms with E-state index in [1.165, 1.54) is 0 Å². The number of rotatable bonds is 6. The van der Waals surface area contributed by atoms with Crippen LogP contribution >= 0.6 is 0 Å². The lowest BCUT2D eigenvalue weighted by atomic mass is 10.1. The molecule has 1 aromatic carbocycles. The van der Waals surface area contributed by atoms with E-state index in [9.17, 15) is 4.79 Å². The van der Waals surface area contributed by atoms with Gasteiger partial charge in [-0.1, -0.05) is 6.92 Å². The first-order valence-corrected chi connectivity index (χ1v) is 8.98. The average Bonchev–Trinajstić information content (AvgIpc) is 3.39. The van der Waals surface area contributed by atoms with Crippen LogP contribution < -0.4 is 10.1 Å². The van der Waals surface area contributed by atoms with E-state index in [4.69, 9.17) is 4.74 Å². The third-order valence-electron chi connectivity index (χ3n) is 4.53. The molecule has 0 aliphatic rings. The van der Waals surface area contributed by atoms with Gasteiger partial charge in [0.25, 0.3) is 5.91 Å². The van der Waals surface area contributed by atoms with Crippen LogP contribution in [0.25, 0.3) is 17.0 Å². The van der Waals surface area contributed by atoms with Crippen LogP contribution in [-0.4, -0.2) is 37.6 Å². The van der Waals surface area contributed by atoms with Crippen molar-refractivity contribution in [1.29, 1.82) is 0 Å². The Morgan fingerprint density at radius 2 is 2.14 bits per heavy atom. The maximum absolute atomic E-state index is 12.7. The Balaban J connectivity index is 1.51. The van der Waals surface area contributed by atoms with Gasteiger partial charge in [0, 0.05) is 24.2 Å². The minimum atomic E-state index is -0.232. The fourth-order valence-corrected chi connectivity index (χ4v) is 2.99. The molecule has 1 amide bonds. The molecule has 28 heavy (non-hydrogen) atoms. The fraction of sp³-hybridized carbons (Fsp3) is 0.200. The molecule has 2 N–H and O–H groups in total. The number of hydrogen-bond acceptors (Lipinski definition) is 5. The zero-order valence-corrected chi connectivity index (χ0v) is 15.6. The number of H-pyrrole nitrogens is 1. The van der Waals surface area contributed by atoms with Crippen molar-refractivity contribution in [2.75, 3.05) is 7.11 Å². The largest absolute Gasteiger partial charge is 0.497 e. The number of aromatic nitrogens is 5. The fourth-order valence-electron chi connectivity index (χ4n) is 2.99. The quantitative estimate of drug-likeness (QED) is 0.539. The SMILES string of the molecule is CCC(NC(=O)c1cc(-c2ccc(OC)cc2)n[nH]1)c1cn2cccnc2n1. The molecule has 3 heterocycles. The second-order valence-corrected chi connectivity index (χ2v) is 6.32. The van der Waals surface area contributed by atoms with Gasteiger partial charge >= 0.3 is 0 Å². The molecule has 0 aliphatic carbocycles. The van der Waals surface area contributed by atoms with Crippen molar-refractivity contribution in [3.05, 3.63) is 66.4 Å². The summed E-state index contributed by atoms with van der Waals surface area (Å²) >= 11 is 0. The van der Waals surface area contributed by atoms with E-state index >= 15 is 0 Å². The van der Waals surface area contributed by atoms with E-state index < -0.39 is 0 Å². The molecule has 1 unspecified atom stereocenters. The van der Waals surface area contributed by atoms with Gasteiger partial charge in [0.15, 0.2) is 0 Å². The van der Waals surface area contributed by atoms with E-state index in [1.807, 2.05) is 54.0 Å². The Morgan fingerprint density at radius 1 is 1.32 bits per heavy atom. The minimum absolute atomic E-state index is 0.220. The second kappa shape index (κ2) is 7.51. The van der Waals surface area contributed by atoms with Crippen LogP contribution in [-0.2, 0) is 0 Å². The van der Waals surface area contributed by atoms with Crippen molar-refractivity contribution in [1.82, 2.24) is 29.9 Å². The van der Waals surface area contributed by atoms with Gasteiger partial charge in [-0.25, -0.2) is 9.97 Å². The van der Waals surface area contributed by atoms with Crippen molar-refractivity contribution < 1.29 is 9.53 Å². The van der Waals surface area contributed by atoms with Crippen LogP contribution in [0.4, 0.5) is 0 Å². The van der Waals surface area contributed by atoms with Crippen molar-refractivity contribution in [3.8, 4) is 17.0 Å². The standard InChI is InChI=1S/C20H20N6O2/c1-3-15(18-12-26-10-4-9-21-20(26)23-18)22-19(27)17-11-16(24-25-17)13-5-7-14(28-2)8-6-13/h4-12,15H,3H2,1-2H3,(H,22,27)(H,24,25). The lowest BCUT2D eigenvalue weighted by Crippen LogP contribution is -2.28. The molecule has 3 aromatic heterocycles. The predicted molar refractivity (Wildman–Crippen MR) is 104 cm³/mol. The highest BCUT2D eigenvalue weighted by Crippen LogP contribution is 2.22. The minimum Gasteiger partial charge on any atom is -0.497 e. The van der Waals surface area contributed by atoms with E-state index in [1.54, 1.807) is 19.4 Å². The highest BCUT2D eigenvalue weighted by molar-refractivity contribution is 5.93. The highest BCUT2D eigenvalue weighted by atomic mass is 16.5. The molecule has 142 valence electrons. The Bertz CT molecular complexity index is 1070. The molecule has 0 fully saturated rings. The van der Waals surface area contributed by atoms with Gasteiger partial charge in [-0.15, -0.1) is 0 Å². The molecule has 4 rings (SSSR count). The molecule has 0 saturated carbocycles. The van der Waals surface area contributed by atoms with Gasteiger partial charge < -0.3 is 10.1 Å². The smallest absolute Gasteiger partial charge is 0.269 e. The van der Waals surface area contributed by atoms with Gasteiger partial charge in [-0.3, -0.25) is 14.3 Å². The molecule has 0 aliphatic heterocycles. The molecule has 0 spiro atoms. The van der Waals surface area contributed by atoms with E-state index in [0.717, 1.165) is 17.0 Å². The molecule has 0 radical (unpaired) electrons. The number of aromatic amines is 1. The van der Waals surface area contributed by atoms with Crippen LogP contribution in [0.3, 0.4) is 0 Å². The summed E-state index contributed by atoms with van der Waals surface area (Å²) in [6.07, 6.45) is 6.15. The summed E-state index contributed by atoms with van der Waals surface area (Å²) in [6.45, 7) is 2.00. The third kappa shape index (κ3) is 3.44. The highest BCUT2D eigenvalue weighted by Gasteiger charge is 2.19. The number of hydrogen-bond donors (Lipinski definition) is 2. The molecule has 0 saturated heterocycles. The number of benzene rings is 1. The monoisotopic (exact) mass is 376 g/mol. The van der Waals surface area contributed by atoms with Gasteiger partial charge in [-0.2, -0.15) is 5.10 Å². The average molecular weight is 376 g/mol. The van der Waals surface area contributed by atoms with Gasteiger partial charge in [0.05, 0.1) is 24.5 Å². The van der Waals surface area contributed by atoms with Crippen molar-refractivity contribution in [2.24, 2.45) is 0 Å². The van der Waals surface area contributed by atoms with Crippen LogP contribution in [0.5, 0.6) is 5.75 Å². The maximum Gasteiger partial charge on any atom is 0.269 e. The third-order valence-corrected chi connectivity index (χ3v) is 4.53. The summed E-state index contributed by atoms with van der Waals surface area (Å²) in [5, 5.41) is 10.1. The summed E-state index contributed by atoms with van der Waals surface area (Å²) in [7, 11) is 1.62. The normalized spacial score (nSPS) is 12.1. The topological polar surface area (TPSA) is 97.2 Å². The Kier molecular flexibility index (Phi) is 4.76. The van der Waals surface area contributed by atoms with E-state index in [2.05, 4.69) is 25.5 Å². The molecule has 4 aromatic rings. The second-order valence-electron chi connectivity index (χ2n) is 6.32. The number of methoxy groups -OCH3 is 1. The number of nitrogens with zero attached hydrogens (tertiary/aromatic N) is 4. The number of nitrogens with one attached hydrogen (secondary N) is 2. The summed E-state index contributed by atoms with van der Waals surface area (Å²) in [5.74, 6) is 1.14. The van der Waals surface area contributed by atoms with Crippen LogP contribution in [0, 0.1) is 0 Å². The van der Waals surface area contributed by atoms with Gasteiger partial charge in [-0.05, 0) is 42.8 Å². The van der Waals surface area contributed by atoms with Crippen molar-refractivity contribution in [2.45, 2.75) is 19.4 Å². The predicted octanol–water partition coefficient (Wildman–Crippen LogP) is 3.01. The number of fused-ring (bicyclic) bond motifs is 1. The zero-order valence-electron chi connectivity index (χ0n) is 15.6. The summed E-state index contributed by atoms with van der Waals surface area (Å²) in [5.41, 5.74) is 2.75. The van der Waals surface area contributed by atoms with Crippen LogP contribution in [0.15, 0.2) is 55.0 Å². The molecular formula is C20H20N6O2. The molecule has 8 nitrogen and oxygen atoms in total. The van der Waals surface area contributed by atoms with Crippen LogP contribution in [0.1, 0.15) is 35.6 Å².